The summed E-state index contributed by atoms with van der Waals surface area (Å²) in [6, 6.07) is 8.38. The highest BCUT2D eigenvalue weighted by molar-refractivity contribution is 6.00. The van der Waals surface area contributed by atoms with Crippen molar-refractivity contribution in [1.29, 1.82) is 0 Å². The average Bonchev–Trinajstić information content (AvgIpc) is 3.17. The van der Waals surface area contributed by atoms with Gasteiger partial charge in [-0.2, -0.15) is 5.10 Å². The summed E-state index contributed by atoms with van der Waals surface area (Å²) in [5.74, 6) is 0.479. The van der Waals surface area contributed by atoms with Gasteiger partial charge >= 0.3 is 0 Å². The lowest BCUT2D eigenvalue weighted by Crippen LogP contribution is -2.73. The van der Waals surface area contributed by atoms with E-state index in [0.29, 0.717) is 31.7 Å². The van der Waals surface area contributed by atoms with Crippen LogP contribution in [0.5, 0.6) is 0 Å². The number of piperazine rings is 1. The van der Waals surface area contributed by atoms with E-state index in [9.17, 15) is 9.59 Å². The van der Waals surface area contributed by atoms with E-state index >= 15 is 0 Å². The van der Waals surface area contributed by atoms with Gasteiger partial charge in [0.25, 0.3) is 0 Å². The van der Waals surface area contributed by atoms with Crippen LogP contribution in [0.25, 0.3) is 0 Å². The van der Waals surface area contributed by atoms with Crippen LogP contribution in [0.15, 0.2) is 24.3 Å². The molecule has 7 heteroatoms. The van der Waals surface area contributed by atoms with Crippen molar-refractivity contribution >= 4 is 11.8 Å². The number of nitrogens with zero attached hydrogens (tertiary/aromatic N) is 3. The maximum absolute atomic E-state index is 13.7. The first kappa shape index (κ1) is 26.4. The number of aromatic amines is 1. The highest BCUT2D eigenvalue weighted by Gasteiger charge is 2.53. The van der Waals surface area contributed by atoms with Crippen LogP contribution in [0.2, 0.25) is 0 Å². The molecular formula is C29H43N5O2. The Morgan fingerprint density at radius 2 is 1.75 bits per heavy atom. The first-order chi connectivity index (χ1) is 17.2. The largest absolute Gasteiger partial charge is 0.342 e. The molecule has 2 atom stereocenters. The van der Waals surface area contributed by atoms with Gasteiger partial charge in [0.15, 0.2) is 0 Å². The van der Waals surface area contributed by atoms with E-state index in [1.54, 1.807) is 0 Å². The third-order valence-corrected chi connectivity index (χ3v) is 8.09. The lowest BCUT2D eigenvalue weighted by molar-refractivity contribution is -0.162. The second-order valence-corrected chi connectivity index (χ2v) is 11.2. The minimum atomic E-state index is -0.755. The number of piperidine rings is 1. The summed E-state index contributed by atoms with van der Waals surface area (Å²) in [5.41, 5.74) is 4.99. The zero-order valence-electron chi connectivity index (χ0n) is 22.9. The molecule has 3 heterocycles. The third kappa shape index (κ3) is 4.95. The number of hydrogen-bond donors (Lipinski definition) is 2. The molecule has 36 heavy (non-hydrogen) atoms. The monoisotopic (exact) mass is 493 g/mol. The molecule has 0 radical (unpaired) electrons. The van der Waals surface area contributed by atoms with Gasteiger partial charge in [-0.05, 0) is 57.9 Å². The molecule has 1 aromatic heterocycles. The molecule has 1 spiro atoms. The molecule has 2 aliphatic rings. The van der Waals surface area contributed by atoms with Gasteiger partial charge in [-0.3, -0.25) is 19.6 Å². The standard InChI is InChI=1S/C29H43N5O2/c1-7-8-15-34-27(35)24(18-19(2)3)30-28(36)29(34)13-16-33(17-14-29)26(23-11-9-20(4)10-12-23)25-21(5)31-32-22(25)6/h9-12,19,24,26H,7-8,13-18H2,1-6H3,(H,30,36)(H,31,32). The molecule has 7 nitrogen and oxygen atoms in total. The van der Waals surface area contributed by atoms with Crippen LogP contribution in [0.4, 0.5) is 0 Å². The maximum Gasteiger partial charge on any atom is 0.246 e. The van der Waals surface area contributed by atoms with Crippen molar-refractivity contribution in [2.75, 3.05) is 19.6 Å². The van der Waals surface area contributed by atoms with E-state index in [0.717, 1.165) is 37.3 Å². The molecule has 2 aromatic rings. The molecule has 2 saturated heterocycles. The van der Waals surface area contributed by atoms with Gasteiger partial charge in [0.2, 0.25) is 11.8 Å². The summed E-state index contributed by atoms with van der Waals surface area (Å²) in [5, 5.41) is 10.8. The molecule has 2 unspecified atom stereocenters. The van der Waals surface area contributed by atoms with Crippen LogP contribution in [0, 0.1) is 26.7 Å². The van der Waals surface area contributed by atoms with Gasteiger partial charge in [0, 0.05) is 30.9 Å². The van der Waals surface area contributed by atoms with Crippen molar-refractivity contribution < 1.29 is 9.59 Å². The number of H-pyrrole nitrogens is 1. The number of rotatable bonds is 8. The Kier molecular flexibility index (Phi) is 7.88. The molecular weight excluding hydrogens is 450 g/mol. The van der Waals surface area contributed by atoms with Crippen LogP contribution in [0.1, 0.15) is 87.0 Å². The number of aryl methyl sites for hydroxylation is 3. The molecule has 1 aromatic carbocycles. The minimum absolute atomic E-state index is 0.0334. The minimum Gasteiger partial charge on any atom is -0.342 e. The third-order valence-electron chi connectivity index (χ3n) is 8.09. The van der Waals surface area contributed by atoms with Crippen LogP contribution in [0.3, 0.4) is 0 Å². The summed E-state index contributed by atoms with van der Waals surface area (Å²) in [4.78, 5) is 31.7. The Labute approximate surface area is 216 Å². The average molecular weight is 494 g/mol. The predicted molar refractivity (Wildman–Crippen MR) is 143 cm³/mol. The van der Waals surface area contributed by atoms with Crippen molar-refractivity contribution in [3.8, 4) is 0 Å². The van der Waals surface area contributed by atoms with Crippen molar-refractivity contribution in [1.82, 2.24) is 25.3 Å². The lowest BCUT2D eigenvalue weighted by atomic mass is 9.79. The quantitative estimate of drug-likeness (QED) is 0.570. The molecule has 2 amide bonds. The van der Waals surface area contributed by atoms with Crippen molar-refractivity contribution in [3.63, 3.8) is 0 Å². The van der Waals surface area contributed by atoms with E-state index < -0.39 is 11.6 Å². The van der Waals surface area contributed by atoms with Gasteiger partial charge in [0.1, 0.15) is 11.6 Å². The Morgan fingerprint density at radius 3 is 2.31 bits per heavy atom. The molecule has 0 aliphatic carbocycles. The van der Waals surface area contributed by atoms with Crippen LogP contribution in [-0.4, -0.2) is 63.0 Å². The lowest BCUT2D eigenvalue weighted by Gasteiger charge is -2.52. The molecule has 0 saturated carbocycles. The predicted octanol–water partition coefficient (Wildman–Crippen LogP) is 4.43. The summed E-state index contributed by atoms with van der Waals surface area (Å²) in [6.45, 7) is 14.7. The Hall–Kier alpha value is -2.67. The number of unbranched alkanes of at least 4 members (excludes halogenated alkanes) is 1. The van der Waals surface area contributed by atoms with Crippen molar-refractivity contribution in [2.24, 2.45) is 5.92 Å². The number of hydrogen-bond acceptors (Lipinski definition) is 4. The van der Waals surface area contributed by atoms with Gasteiger partial charge in [0.05, 0.1) is 11.7 Å². The van der Waals surface area contributed by atoms with Gasteiger partial charge in [-0.15, -0.1) is 0 Å². The number of aromatic nitrogens is 2. The first-order valence-corrected chi connectivity index (χ1v) is 13.6. The van der Waals surface area contributed by atoms with Gasteiger partial charge in [-0.1, -0.05) is 57.0 Å². The molecule has 196 valence electrons. The number of nitrogens with one attached hydrogen (secondary N) is 2. The highest BCUT2D eigenvalue weighted by Crippen LogP contribution is 2.40. The fraction of sp³-hybridized carbons (Fsp3) is 0.621. The van der Waals surface area contributed by atoms with Crippen molar-refractivity contribution in [2.45, 2.75) is 91.3 Å². The topological polar surface area (TPSA) is 81.3 Å². The zero-order valence-corrected chi connectivity index (χ0v) is 22.9. The Balaban J connectivity index is 1.63. The van der Waals surface area contributed by atoms with E-state index in [-0.39, 0.29) is 17.9 Å². The number of likely N-dealkylation sites (tertiary alicyclic amines) is 1. The van der Waals surface area contributed by atoms with Crippen LogP contribution < -0.4 is 5.32 Å². The smallest absolute Gasteiger partial charge is 0.246 e. The van der Waals surface area contributed by atoms with Gasteiger partial charge in [-0.25, -0.2) is 0 Å². The molecule has 2 fully saturated rings. The van der Waals surface area contributed by atoms with E-state index in [1.165, 1.54) is 16.7 Å². The summed E-state index contributed by atoms with van der Waals surface area (Å²) >= 11 is 0. The number of carbonyl (C=O) groups excluding carboxylic acids is 2. The number of carbonyl (C=O) groups is 2. The second kappa shape index (κ2) is 10.8. The molecule has 0 bridgehead atoms. The molecule has 2 N–H and O–H groups in total. The number of amides is 2. The Bertz CT molecular complexity index is 1050. The molecule has 4 rings (SSSR count). The van der Waals surface area contributed by atoms with Crippen LogP contribution in [-0.2, 0) is 9.59 Å². The number of benzene rings is 1. The summed E-state index contributed by atoms with van der Waals surface area (Å²) < 4.78 is 0. The highest BCUT2D eigenvalue weighted by atomic mass is 16.2. The first-order valence-electron chi connectivity index (χ1n) is 13.6. The molecule has 2 aliphatic heterocycles. The summed E-state index contributed by atoms with van der Waals surface area (Å²) in [6.07, 6.45) is 3.88. The Morgan fingerprint density at radius 1 is 1.08 bits per heavy atom. The van der Waals surface area contributed by atoms with E-state index in [4.69, 9.17) is 0 Å². The fourth-order valence-corrected chi connectivity index (χ4v) is 6.07. The van der Waals surface area contributed by atoms with Crippen LogP contribution >= 0.6 is 0 Å². The fourth-order valence-electron chi connectivity index (χ4n) is 6.07. The van der Waals surface area contributed by atoms with Crippen molar-refractivity contribution in [3.05, 3.63) is 52.3 Å². The second-order valence-electron chi connectivity index (χ2n) is 11.2. The van der Waals surface area contributed by atoms with E-state index in [1.807, 2.05) is 4.90 Å². The normalized spacial score (nSPS) is 21.3. The summed E-state index contributed by atoms with van der Waals surface area (Å²) in [7, 11) is 0. The van der Waals surface area contributed by atoms with Gasteiger partial charge < -0.3 is 10.2 Å². The maximum atomic E-state index is 13.7. The SMILES string of the molecule is CCCCN1C(=O)C(CC(C)C)NC(=O)C12CCN(C(c1ccc(C)cc1)c1c(C)n[nH]c1C)CC2. The van der Waals surface area contributed by atoms with E-state index in [2.05, 4.69) is 86.2 Å². The zero-order chi connectivity index (χ0) is 26.0.